The Morgan fingerprint density at radius 3 is 2.94 bits per heavy atom. The van der Waals surface area contributed by atoms with Gasteiger partial charge in [-0.2, -0.15) is 0 Å². The zero-order chi connectivity index (χ0) is 11.8. The number of nitrogens with zero attached hydrogens (tertiary/aromatic N) is 1. The van der Waals surface area contributed by atoms with Crippen molar-refractivity contribution in [3.05, 3.63) is 36.0 Å². The van der Waals surface area contributed by atoms with Crippen LogP contribution in [0.1, 0.15) is 12.1 Å². The van der Waals surface area contributed by atoms with Crippen LogP contribution in [0.3, 0.4) is 0 Å². The van der Waals surface area contributed by atoms with Gasteiger partial charge in [0.1, 0.15) is 0 Å². The highest BCUT2D eigenvalue weighted by Crippen LogP contribution is 2.22. The molecule has 4 heteroatoms. The van der Waals surface area contributed by atoms with Crippen LogP contribution in [0.2, 0.25) is 0 Å². The number of carbonyl (C=O) groups is 1. The molecule has 1 aromatic heterocycles. The van der Waals surface area contributed by atoms with Gasteiger partial charge < -0.3 is 9.88 Å². The van der Waals surface area contributed by atoms with E-state index in [1.165, 1.54) is 5.39 Å². The Bertz CT molecular complexity index is 530. The molecule has 0 aliphatic carbocycles. The maximum Gasteiger partial charge on any atom is 0.224 e. The number of aromatic nitrogens is 1. The molecule has 0 saturated carbocycles. The van der Waals surface area contributed by atoms with Crippen LogP contribution >= 0.6 is 15.9 Å². The first kappa shape index (κ1) is 10.8. The van der Waals surface area contributed by atoms with Crippen molar-refractivity contribution in [3.63, 3.8) is 0 Å². The third kappa shape index (κ3) is 2.09. The number of H-pyrrole nitrogens is 1. The van der Waals surface area contributed by atoms with Gasteiger partial charge in [-0.15, -0.1) is 0 Å². The molecular weight excluding hydrogens is 280 g/mol. The Kier molecular flexibility index (Phi) is 2.67. The number of aromatic amines is 1. The van der Waals surface area contributed by atoms with Gasteiger partial charge in [0.05, 0.1) is 6.54 Å². The minimum Gasteiger partial charge on any atom is -0.357 e. The Hall–Kier alpha value is -1.29. The molecule has 1 N–H and O–H groups in total. The molecule has 1 aliphatic rings. The molecule has 88 valence electrons. The number of likely N-dealkylation sites (tertiary alicyclic amines) is 1. The van der Waals surface area contributed by atoms with Gasteiger partial charge in [-0.05, 0) is 17.5 Å². The summed E-state index contributed by atoms with van der Waals surface area (Å²) in [5.41, 5.74) is 2.23. The van der Waals surface area contributed by atoms with Gasteiger partial charge in [0.2, 0.25) is 5.91 Å². The first-order valence-electron chi connectivity index (χ1n) is 5.71. The minimum absolute atomic E-state index is 0.227. The highest BCUT2D eigenvalue weighted by molar-refractivity contribution is 9.09. The maximum absolute atomic E-state index is 11.7. The number of hydrogen-bond acceptors (Lipinski definition) is 1. The zero-order valence-electron chi connectivity index (χ0n) is 9.32. The van der Waals surface area contributed by atoms with Crippen molar-refractivity contribution in [2.45, 2.75) is 17.8 Å². The molecule has 1 unspecified atom stereocenters. The van der Waals surface area contributed by atoms with Crippen LogP contribution < -0.4 is 0 Å². The number of fused-ring (bicyclic) bond motifs is 1. The molecule has 1 aliphatic heterocycles. The summed E-state index contributed by atoms with van der Waals surface area (Å²) >= 11 is 3.49. The minimum atomic E-state index is 0.227. The molecule has 2 aromatic rings. The average molecular weight is 293 g/mol. The van der Waals surface area contributed by atoms with Crippen LogP contribution in [0.25, 0.3) is 10.9 Å². The molecule has 1 fully saturated rings. The molecule has 1 amide bonds. The number of alkyl halides is 1. The van der Waals surface area contributed by atoms with Crippen molar-refractivity contribution in [2.75, 3.05) is 6.54 Å². The van der Waals surface area contributed by atoms with Gasteiger partial charge in [-0.1, -0.05) is 34.1 Å². The van der Waals surface area contributed by atoms with Gasteiger partial charge >= 0.3 is 0 Å². The summed E-state index contributed by atoms with van der Waals surface area (Å²) in [5, 5.41) is 1.20. The van der Waals surface area contributed by atoms with Gasteiger partial charge in [0.25, 0.3) is 0 Å². The summed E-state index contributed by atoms with van der Waals surface area (Å²) in [4.78, 5) is 17.2. The van der Waals surface area contributed by atoms with E-state index >= 15 is 0 Å². The lowest BCUT2D eigenvalue weighted by atomic mass is 10.2. The fourth-order valence-electron chi connectivity index (χ4n) is 2.30. The van der Waals surface area contributed by atoms with E-state index in [1.807, 2.05) is 17.0 Å². The van der Waals surface area contributed by atoms with E-state index in [4.69, 9.17) is 0 Å². The van der Waals surface area contributed by atoms with E-state index in [9.17, 15) is 4.79 Å². The second-order valence-electron chi connectivity index (χ2n) is 4.46. The molecule has 17 heavy (non-hydrogen) atoms. The summed E-state index contributed by atoms with van der Waals surface area (Å²) in [5.74, 6) is 0.227. The van der Waals surface area contributed by atoms with Gasteiger partial charge in [0.15, 0.2) is 0 Å². The highest BCUT2D eigenvalue weighted by atomic mass is 79.9. The molecule has 3 nitrogen and oxygen atoms in total. The molecule has 1 aromatic carbocycles. The van der Waals surface area contributed by atoms with Crippen molar-refractivity contribution in [2.24, 2.45) is 0 Å². The standard InChI is InChI=1S/C13H13BrN2O/c14-10-6-13(17)16(7-10)8-11-5-9-3-1-2-4-12(9)15-11/h1-5,10,15H,6-8H2. The van der Waals surface area contributed by atoms with E-state index in [0.717, 1.165) is 17.8 Å². The van der Waals surface area contributed by atoms with Crippen LogP contribution in [0.5, 0.6) is 0 Å². The van der Waals surface area contributed by atoms with Crippen molar-refractivity contribution in [1.29, 1.82) is 0 Å². The van der Waals surface area contributed by atoms with Gasteiger partial charge in [0, 0.05) is 29.0 Å². The fraction of sp³-hybridized carbons (Fsp3) is 0.308. The number of nitrogens with one attached hydrogen (secondary N) is 1. The number of halogens is 1. The fourth-order valence-corrected chi connectivity index (χ4v) is 2.93. The Morgan fingerprint density at radius 2 is 2.24 bits per heavy atom. The molecule has 2 heterocycles. The van der Waals surface area contributed by atoms with E-state index in [1.54, 1.807) is 0 Å². The topological polar surface area (TPSA) is 36.1 Å². The summed E-state index contributed by atoms with van der Waals surface area (Å²) in [6, 6.07) is 10.3. The lowest BCUT2D eigenvalue weighted by molar-refractivity contribution is -0.128. The zero-order valence-corrected chi connectivity index (χ0v) is 10.9. The number of carbonyl (C=O) groups excluding carboxylic acids is 1. The molecule has 3 rings (SSSR count). The largest absolute Gasteiger partial charge is 0.357 e. The molecule has 0 radical (unpaired) electrons. The Labute approximate surface area is 108 Å². The monoisotopic (exact) mass is 292 g/mol. The number of rotatable bonds is 2. The van der Waals surface area contributed by atoms with Crippen LogP contribution in [0, 0.1) is 0 Å². The van der Waals surface area contributed by atoms with Crippen LogP contribution in [0.4, 0.5) is 0 Å². The number of hydrogen-bond donors (Lipinski definition) is 1. The van der Waals surface area contributed by atoms with Gasteiger partial charge in [-0.3, -0.25) is 4.79 Å². The molecular formula is C13H13BrN2O. The number of para-hydroxylation sites is 1. The second kappa shape index (κ2) is 4.18. The number of benzene rings is 1. The van der Waals surface area contributed by atoms with Crippen molar-refractivity contribution >= 4 is 32.7 Å². The van der Waals surface area contributed by atoms with Crippen LogP contribution in [0.15, 0.2) is 30.3 Å². The normalized spacial score (nSPS) is 20.4. The third-order valence-electron chi connectivity index (χ3n) is 3.11. The molecule has 1 saturated heterocycles. The van der Waals surface area contributed by atoms with E-state index in [-0.39, 0.29) is 5.91 Å². The lowest BCUT2D eigenvalue weighted by Crippen LogP contribution is -2.24. The van der Waals surface area contributed by atoms with E-state index < -0.39 is 0 Å². The average Bonchev–Trinajstić information content (AvgIpc) is 2.82. The van der Waals surface area contributed by atoms with Crippen LogP contribution in [-0.2, 0) is 11.3 Å². The van der Waals surface area contributed by atoms with Crippen molar-refractivity contribution in [1.82, 2.24) is 9.88 Å². The number of amides is 1. The Morgan fingerprint density at radius 1 is 1.41 bits per heavy atom. The first-order chi connectivity index (χ1) is 8.22. The molecule has 1 atom stereocenters. The predicted molar refractivity (Wildman–Crippen MR) is 71.0 cm³/mol. The maximum atomic E-state index is 11.7. The summed E-state index contributed by atoms with van der Waals surface area (Å²) < 4.78 is 0. The summed E-state index contributed by atoms with van der Waals surface area (Å²) in [7, 11) is 0. The molecule has 0 bridgehead atoms. The second-order valence-corrected chi connectivity index (χ2v) is 5.75. The van der Waals surface area contributed by atoms with Crippen molar-refractivity contribution in [3.8, 4) is 0 Å². The first-order valence-corrected chi connectivity index (χ1v) is 6.62. The summed E-state index contributed by atoms with van der Waals surface area (Å²) in [6.45, 7) is 1.48. The van der Waals surface area contributed by atoms with E-state index in [0.29, 0.717) is 17.8 Å². The SMILES string of the molecule is O=C1CC(Br)CN1Cc1cc2ccccc2[nH]1. The van der Waals surface area contributed by atoms with Gasteiger partial charge in [-0.25, -0.2) is 0 Å². The Balaban J connectivity index is 1.83. The van der Waals surface area contributed by atoms with Crippen LogP contribution in [-0.4, -0.2) is 27.2 Å². The quantitative estimate of drug-likeness (QED) is 0.849. The predicted octanol–water partition coefficient (Wildman–Crippen LogP) is 2.66. The van der Waals surface area contributed by atoms with E-state index in [2.05, 4.69) is 39.1 Å². The molecule has 0 spiro atoms. The smallest absolute Gasteiger partial charge is 0.224 e. The lowest BCUT2D eigenvalue weighted by Gasteiger charge is -2.14. The highest BCUT2D eigenvalue weighted by Gasteiger charge is 2.27. The summed E-state index contributed by atoms with van der Waals surface area (Å²) in [6.07, 6.45) is 0.611. The third-order valence-corrected chi connectivity index (χ3v) is 3.73. The van der Waals surface area contributed by atoms with Crippen molar-refractivity contribution < 1.29 is 4.79 Å².